The van der Waals surface area contributed by atoms with E-state index in [-0.39, 0.29) is 24.9 Å². The van der Waals surface area contributed by atoms with Gasteiger partial charge in [-0.15, -0.1) is 5.10 Å². The molecule has 0 aliphatic carbocycles. The van der Waals surface area contributed by atoms with Crippen LogP contribution in [-0.2, 0) is 22.7 Å². The molecular weight excluding hydrogens is 512 g/mol. The molecule has 2 aromatic carbocycles. The van der Waals surface area contributed by atoms with Crippen molar-refractivity contribution in [3.05, 3.63) is 72.1 Å². The zero-order valence-corrected chi connectivity index (χ0v) is 23.5. The van der Waals surface area contributed by atoms with E-state index in [1.54, 1.807) is 30.6 Å². The van der Waals surface area contributed by atoms with Crippen LogP contribution in [0.1, 0.15) is 37.9 Å². The van der Waals surface area contributed by atoms with Gasteiger partial charge < -0.3 is 24.4 Å². The molecule has 0 saturated heterocycles. The Balaban J connectivity index is 1.85. The second kappa shape index (κ2) is 12.0. The number of carbonyl (C=O) groups is 2. The molecule has 0 fully saturated rings. The Labute approximate surface area is 233 Å². The van der Waals surface area contributed by atoms with Gasteiger partial charge >= 0.3 is 0 Å². The van der Waals surface area contributed by atoms with E-state index in [9.17, 15) is 9.59 Å². The number of nitrogens with zero attached hydrogens (tertiary/aromatic N) is 5. The molecule has 0 unspecified atom stereocenters. The van der Waals surface area contributed by atoms with Crippen LogP contribution in [0.5, 0.6) is 17.2 Å². The number of aromatic nitrogens is 4. The Morgan fingerprint density at radius 2 is 1.70 bits per heavy atom. The Kier molecular flexibility index (Phi) is 8.52. The topological polar surface area (TPSA) is 121 Å². The van der Waals surface area contributed by atoms with E-state index in [1.165, 1.54) is 30.9 Å². The molecule has 210 valence electrons. The molecule has 2 amide bonds. The van der Waals surface area contributed by atoms with Crippen molar-refractivity contribution in [2.45, 2.75) is 45.4 Å². The number of benzene rings is 2. The largest absolute Gasteiger partial charge is 0.493 e. The fourth-order valence-corrected chi connectivity index (χ4v) is 4.43. The lowest BCUT2D eigenvalue weighted by atomic mass is 9.99. The predicted molar refractivity (Wildman–Crippen MR) is 149 cm³/mol. The lowest BCUT2D eigenvalue weighted by Gasteiger charge is -2.34. The second-order valence-electron chi connectivity index (χ2n) is 10.2. The lowest BCUT2D eigenvalue weighted by Crippen LogP contribution is -2.49. The Bertz CT molecular complexity index is 1460. The molecule has 40 heavy (non-hydrogen) atoms. The lowest BCUT2D eigenvalue weighted by molar-refractivity contribution is -0.142. The minimum absolute atomic E-state index is 0.109. The highest BCUT2D eigenvalue weighted by Crippen LogP contribution is 2.41. The third kappa shape index (κ3) is 6.31. The molecule has 11 heteroatoms. The molecule has 11 nitrogen and oxygen atoms in total. The summed E-state index contributed by atoms with van der Waals surface area (Å²) in [6.45, 7) is 5.62. The molecule has 0 saturated carbocycles. The smallest absolute Gasteiger partial charge is 0.247 e. The summed E-state index contributed by atoms with van der Waals surface area (Å²) in [6, 6.07) is 13.3. The van der Waals surface area contributed by atoms with Gasteiger partial charge in [-0.25, -0.2) is 4.68 Å². The molecule has 0 bridgehead atoms. The molecular formula is C29H34N6O5. The first kappa shape index (κ1) is 28.3. The summed E-state index contributed by atoms with van der Waals surface area (Å²) in [5.74, 6) is 0.385. The van der Waals surface area contributed by atoms with Crippen LogP contribution in [0.3, 0.4) is 0 Å². The van der Waals surface area contributed by atoms with Crippen LogP contribution >= 0.6 is 0 Å². The quantitative estimate of drug-likeness (QED) is 0.321. The fraction of sp³-hybridized carbons (Fsp3) is 0.345. The van der Waals surface area contributed by atoms with Gasteiger partial charge in [-0.3, -0.25) is 14.6 Å². The molecule has 0 radical (unpaired) electrons. The zero-order valence-electron chi connectivity index (χ0n) is 23.5. The van der Waals surface area contributed by atoms with Gasteiger partial charge in [-0.2, -0.15) is 0 Å². The third-order valence-electron chi connectivity index (χ3n) is 6.16. The van der Waals surface area contributed by atoms with Crippen LogP contribution in [0.2, 0.25) is 0 Å². The molecule has 0 spiro atoms. The van der Waals surface area contributed by atoms with E-state index in [0.717, 1.165) is 5.56 Å². The summed E-state index contributed by atoms with van der Waals surface area (Å²) in [5.41, 5.74) is 2.04. The van der Waals surface area contributed by atoms with Crippen molar-refractivity contribution >= 4 is 22.8 Å². The van der Waals surface area contributed by atoms with Crippen LogP contribution in [0.4, 0.5) is 0 Å². The molecule has 2 aromatic heterocycles. The molecule has 4 aromatic rings. The summed E-state index contributed by atoms with van der Waals surface area (Å²) >= 11 is 0. The standard InChI is InChI=1S/C29H34N6O5/c1-29(2,3)31-28(37)26(20-14-23(38-4)27(40-6)24(15-20)39-5)34(17-19-10-9-13-30-16-19)25(36)18-35-22-12-8-7-11-21(22)32-33-35/h7-16,26H,17-18H2,1-6H3,(H,31,37)/t26-/m1/s1. The summed E-state index contributed by atoms with van der Waals surface area (Å²) in [6.07, 6.45) is 3.32. The molecule has 4 rings (SSSR count). The number of hydrogen-bond acceptors (Lipinski definition) is 8. The highest BCUT2D eigenvalue weighted by atomic mass is 16.5. The zero-order chi connectivity index (χ0) is 28.9. The van der Waals surface area contributed by atoms with E-state index >= 15 is 0 Å². The first-order chi connectivity index (χ1) is 19.1. The van der Waals surface area contributed by atoms with Crippen molar-refractivity contribution in [1.82, 2.24) is 30.2 Å². The van der Waals surface area contributed by atoms with E-state index in [0.29, 0.717) is 33.8 Å². The predicted octanol–water partition coefficient (Wildman–Crippen LogP) is 3.54. The molecule has 0 aliphatic rings. The normalized spacial score (nSPS) is 12.1. The highest BCUT2D eigenvalue weighted by Gasteiger charge is 2.35. The molecule has 1 atom stereocenters. The number of ether oxygens (including phenoxy) is 3. The Hall–Kier alpha value is -4.67. The summed E-state index contributed by atoms with van der Waals surface area (Å²) in [4.78, 5) is 33.8. The Morgan fingerprint density at radius 3 is 2.30 bits per heavy atom. The van der Waals surface area contributed by atoms with E-state index < -0.39 is 11.6 Å². The van der Waals surface area contributed by atoms with Crippen molar-refractivity contribution in [2.75, 3.05) is 21.3 Å². The number of amides is 2. The van der Waals surface area contributed by atoms with Crippen molar-refractivity contribution in [3.8, 4) is 17.2 Å². The SMILES string of the molecule is COc1cc([C@H](C(=O)NC(C)(C)C)N(Cc2cccnc2)C(=O)Cn2nnc3ccccc32)cc(OC)c1OC. The van der Waals surface area contributed by atoms with Gasteiger partial charge in [0.05, 0.1) is 26.8 Å². The number of para-hydroxylation sites is 1. The maximum atomic E-state index is 14.1. The maximum Gasteiger partial charge on any atom is 0.247 e. The van der Waals surface area contributed by atoms with Crippen molar-refractivity contribution in [1.29, 1.82) is 0 Å². The Morgan fingerprint density at radius 1 is 1.00 bits per heavy atom. The van der Waals surface area contributed by atoms with Gasteiger partial charge in [-0.1, -0.05) is 23.4 Å². The number of rotatable bonds is 10. The van der Waals surface area contributed by atoms with Crippen LogP contribution in [0.25, 0.3) is 11.0 Å². The van der Waals surface area contributed by atoms with Crippen LogP contribution in [0, 0.1) is 0 Å². The van der Waals surface area contributed by atoms with Gasteiger partial charge in [0.25, 0.3) is 0 Å². The number of carbonyl (C=O) groups excluding carboxylic acids is 2. The fourth-order valence-electron chi connectivity index (χ4n) is 4.43. The van der Waals surface area contributed by atoms with Gasteiger partial charge in [0.1, 0.15) is 18.1 Å². The van der Waals surface area contributed by atoms with Gasteiger partial charge in [0, 0.05) is 24.5 Å². The summed E-state index contributed by atoms with van der Waals surface area (Å²) in [5, 5.41) is 11.4. The maximum absolute atomic E-state index is 14.1. The van der Waals surface area contributed by atoms with Crippen LogP contribution < -0.4 is 19.5 Å². The van der Waals surface area contributed by atoms with Crippen LogP contribution in [-0.4, -0.2) is 63.6 Å². The van der Waals surface area contributed by atoms with Crippen molar-refractivity contribution in [3.63, 3.8) is 0 Å². The highest BCUT2D eigenvalue weighted by molar-refractivity contribution is 5.90. The number of fused-ring (bicyclic) bond motifs is 1. The summed E-state index contributed by atoms with van der Waals surface area (Å²) in [7, 11) is 4.50. The summed E-state index contributed by atoms with van der Waals surface area (Å²) < 4.78 is 18.2. The molecule has 2 heterocycles. The van der Waals surface area contributed by atoms with Gasteiger partial charge in [0.15, 0.2) is 11.5 Å². The number of pyridine rings is 1. The first-order valence-corrected chi connectivity index (χ1v) is 12.7. The number of methoxy groups -OCH3 is 3. The average molecular weight is 547 g/mol. The average Bonchev–Trinajstić information content (AvgIpc) is 3.34. The van der Waals surface area contributed by atoms with Crippen molar-refractivity contribution in [2.24, 2.45) is 0 Å². The monoisotopic (exact) mass is 546 g/mol. The van der Waals surface area contributed by atoms with Crippen LogP contribution in [0.15, 0.2) is 60.9 Å². The molecule has 0 aliphatic heterocycles. The van der Waals surface area contributed by atoms with E-state index in [2.05, 4.69) is 20.6 Å². The van der Waals surface area contributed by atoms with Crippen molar-refractivity contribution < 1.29 is 23.8 Å². The van der Waals surface area contributed by atoms with E-state index in [1.807, 2.05) is 51.1 Å². The van der Waals surface area contributed by atoms with Gasteiger partial charge in [-0.05, 0) is 62.2 Å². The minimum atomic E-state index is -1.06. The second-order valence-corrected chi connectivity index (χ2v) is 10.2. The van der Waals surface area contributed by atoms with Gasteiger partial charge in [0.2, 0.25) is 17.6 Å². The first-order valence-electron chi connectivity index (χ1n) is 12.7. The number of hydrogen-bond donors (Lipinski definition) is 1. The van der Waals surface area contributed by atoms with E-state index in [4.69, 9.17) is 14.2 Å². The number of nitrogens with one attached hydrogen (secondary N) is 1. The molecule has 1 N–H and O–H groups in total. The minimum Gasteiger partial charge on any atom is -0.493 e. The third-order valence-corrected chi connectivity index (χ3v) is 6.16.